The summed E-state index contributed by atoms with van der Waals surface area (Å²) in [5, 5.41) is 0.970. The number of hydrogen-bond acceptors (Lipinski definition) is 3. The van der Waals surface area contributed by atoms with Crippen LogP contribution in [0.25, 0.3) is 33.4 Å². The Hall–Kier alpha value is -2.59. The molecule has 2 aromatic carbocycles. The number of nitrogens with zero attached hydrogens (tertiary/aromatic N) is 3. The first-order valence-corrected chi connectivity index (χ1v) is 7.13. The van der Waals surface area contributed by atoms with E-state index in [1.54, 1.807) is 12.5 Å². The van der Waals surface area contributed by atoms with Crippen LogP contribution in [0.4, 0.5) is 0 Å². The number of pyridine rings is 1. The zero-order valence-corrected chi connectivity index (χ0v) is 14.0. The van der Waals surface area contributed by atoms with Crippen LogP contribution in [0.1, 0.15) is 0 Å². The van der Waals surface area contributed by atoms with Crippen molar-refractivity contribution in [2.45, 2.75) is 0 Å². The maximum Gasteiger partial charge on any atom is 0.163 e. The van der Waals surface area contributed by atoms with Crippen LogP contribution in [-0.4, -0.2) is 15.0 Å². The molecule has 2 heterocycles. The average molecular weight is 364 g/mol. The topological polar surface area (TPSA) is 38.7 Å². The van der Waals surface area contributed by atoms with Gasteiger partial charge in [-0.25, -0.2) is 15.0 Å². The van der Waals surface area contributed by atoms with Crippen molar-refractivity contribution in [2.24, 2.45) is 0 Å². The molecule has 23 heavy (non-hydrogen) atoms. The first kappa shape index (κ1) is 15.3. The average Bonchev–Trinajstić information content (AvgIpc) is 2.62. The normalized spacial score (nSPS) is 10.3. The molecule has 0 N–H and O–H groups in total. The van der Waals surface area contributed by atoms with Gasteiger partial charge in [-0.05, 0) is 23.3 Å². The Bertz CT molecular complexity index is 917. The molecule has 0 bridgehead atoms. The highest BCUT2D eigenvalue weighted by molar-refractivity contribution is 8.93. The zero-order valence-electron chi connectivity index (χ0n) is 12.3. The highest BCUT2D eigenvalue weighted by atomic mass is 79.9. The van der Waals surface area contributed by atoms with Gasteiger partial charge < -0.3 is 0 Å². The van der Waals surface area contributed by atoms with Gasteiger partial charge in [0.05, 0.1) is 5.69 Å². The highest BCUT2D eigenvalue weighted by Gasteiger charge is 2.06. The lowest BCUT2D eigenvalue weighted by Gasteiger charge is -2.06. The lowest BCUT2D eigenvalue weighted by molar-refractivity contribution is 1.18. The van der Waals surface area contributed by atoms with Crippen LogP contribution in [-0.2, 0) is 0 Å². The van der Waals surface area contributed by atoms with Crippen LogP contribution in [0.3, 0.4) is 0 Å². The van der Waals surface area contributed by atoms with Crippen LogP contribution < -0.4 is 0 Å². The summed E-state index contributed by atoms with van der Waals surface area (Å²) in [5.74, 6) is 0. The third-order valence-electron chi connectivity index (χ3n) is 3.67. The fourth-order valence-corrected chi connectivity index (χ4v) is 2.58. The molecule has 2 aromatic heterocycles. The molecule has 112 valence electrons. The summed E-state index contributed by atoms with van der Waals surface area (Å²) in [7, 11) is 0. The molecule has 0 radical (unpaired) electrons. The van der Waals surface area contributed by atoms with E-state index in [0.717, 1.165) is 22.3 Å². The molecular formula is C19H14BrN3. The van der Waals surface area contributed by atoms with Gasteiger partial charge in [0.25, 0.3) is 0 Å². The SMILES string of the molecule is Br.c1ccc(-c2ccc(-c3ncnc4ncccc34)cc2)cc1. The number of hydrogen-bond donors (Lipinski definition) is 0. The van der Waals surface area contributed by atoms with E-state index in [1.807, 2.05) is 30.3 Å². The van der Waals surface area contributed by atoms with Crippen molar-refractivity contribution in [3.8, 4) is 22.4 Å². The molecule has 0 spiro atoms. The van der Waals surface area contributed by atoms with Crippen LogP contribution in [0.2, 0.25) is 0 Å². The molecule has 0 aliphatic rings. The van der Waals surface area contributed by atoms with Gasteiger partial charge in [0.15, 0.2) is 5.65 Å². The molecule has 0 atom stereocenters. The largest absolute Gasteiger partial charge is 0.237 e. The van der Waals surface area contributed by atoms with Crippen LogP contribution in [0, 0.1) is 0 Å². The monoisotopic (exact) mass is 363 g/mol. The fourth-order valence-electron chi connectivity index (χ4n) is 2.58. The van der Waals surface area contributed by atoms with Gasteiger partial charge in [-0.2, -0.15) is 0 Å². The fraction of sp³-hybridized carbons (Fsp3) is 0. The van der Waals surface area contributed by atoms with E-state index in [1.165, 1.54) is 11.1 Å². The van der Waals surface area contributed by atoms with E-state index in [-0.39, 0.29) is 17.0 Å². The molecule has 0 aliphatic carbocycles. The Labute approximate surface area is 144 Å². The Morgan fingerprint density at radius 1 is 0.565 bits per heavy atom. The van der Waals surface area contributed by atoms with Gasteiger partial charge in [-0.15, -0.1) is 17.0 Å². The lowest BCUT2D eigenvalue weighted by Crippen LogP contribution is -1.90. The van der Waals surface area contributed by atoms with Crippen molar-refractivity contribution in [3.05, 3.63) is 79.3 Å². The molecular weight excluding hydrogens is 350 g/mol. The first-order chi connectivity index (χ1) is 10.9. The molecule has 0 saturated heterocycles. The van der Waals surface area contributed by atoms with Crippen LogP contribution >= 0.6 is 17.0 Å². The predicted octanol–water partition coefficient (Wildman–Crippen LogP) is 4.94. The third-order valence-corrected chi connectivity index (χ3v) is 3.67. The molecule has 0 unspecified atom stereocenters. The quantitative estimate of drug-likeness (QED) is 0.506. The highest BCUT2D eigenvalue weighted by Crippen LogP contribution is 2.27. The van der Waals surface area contributed by atoms with E-state index < -0.39 is 0 Å². The summed E-state index contributed by atoms with van der Waals surface area (Å²) >= 11 is 0. The maximum absolute atomic E-state index is 4.43. The molecule has 4 heteroatoms. The van der Waals surface area contributed by atoms with E-state index in [4.69, 9.17) is 0 Å². The van der Waals surface area contributed by atoms with Crippen LogP contribution in [0.15, 0.2) is 79.3 Å². The molecule has 0 aliphatic heterocycles. The van der Waals surface area contributed by atoms with E-state index in [0.29, 0.717) is 0 Å². The number of benzene rings is 2. The summed E-state index contributed by atoms with van der Waals surface area (Å²) in [4.78, 5) is 12.9. The van der Waals surface area contributed by atoms with Crippen molar-refractivity contribution in [3.63, 3.8) is 0 Å². The van der Waals surface area contributed by atoms with Gasteiger partial charge in [0, 0.05) is 17.1 Å². The van der Waals surface area contributed by atoms with Crippen molar-refractivity contribution in [1.29, 1.82) is 0 Å². The second-order valence-electron chi connectivity index (χ2n) is 5.04. The van der Waals surface area contributed by atoms with Crippen LogP contribution in [0.5, 0.6) is 0 Å². The second-order valence-corrected chi connectivity index (χ2v) is 5.04. The van der Waals surface area contributed by atoms with Gasteiger partial charge in [-0.3, -0.25) is 0 Å². The number of fused-ring (bicyclic) bond motifs is 1. The summed E-state index contributed by atoms with van der Waals surface area (Å²) in [6.45, 7) is 0. The van der Waals surface area contributed by atoms with Crippen molar-refractivity contribution in [2.75, 3.05) is 0 Å². The van der Waals surface area contributed by atoms with Gasteiger partial charge in [0.1, 0.15) is 6.33 Å². The minimum atomic E-state index is 0. The smallest absolute Gasteiger partial charge is 0.163 e. The van der Waals surface area contributed by atoms with E-state index in [9.17, 15) is 0 Å². The standard InChI is InChI=1S/C19H13N3.BrH/c1-2-5-14(6-3-1)15-8-10-16(11-9-15)18-17-7-4-12-20-19(17)22-13-21-18;/h1-13H;1H. The summed E-state index contributed by atoms with van der Waals surface area (Å²) in [5.41, 5.74) is 5.11. The molecule has 3 nitrogen and oxygen atoms in total. The Morgan fingerprint density at radius 3 is 2.04 bits per heavy atom. The Kier molecular flexibility index (Phi) is 4.44. The zero-order chi connectivity index (χ0) is 14.8. The maximum atomic E-state index is 4.43. The molecule has 0 amide bonds. The second kappa shape index (κ2) is 6.67. The van der Waals surface area contributed by atoms with Gasteiger partial charge in [0.2, 0.25) is 0 Å². The number of rotatable bonds is 2. The first-order valence-electron chi connectivity index (χ1n) is 7.13. The number of halogens is 1. The molecule has 4 aromatic rings. The lowest BCUT2D eigenvalue weighted by atomic mass is 10.0. The third kappa shape index (κ3) is 2.98. The summed E-state index contributed by atoms with van der Waals surface area (Å²) in [6, 6.07) is 22.7. The Balaban J connectivity index is 0.00000156. The minimum Gasteiger partial charge on any atom is -0.237 e. The number of aromatic nitrogens is 3. The predicted molar refractivity (Wildman–Crippen MR) is 98.5 cm³/mol. The Morgan fingerprint density at radius 2 is 1.26 bits per heavy atom. The van der Waals surface area contributed by atoms with E-state index in [2.05, 4.69) is 51.4 Å². The van der Waals surface area contributed by atoms with Crippen molar-refractivity contribution >= 4 is 28.0 Å². The molecule has 0 saturated carbocycles. The van der Waals surface area contributed by atoms with Crippen molar-refractivity contribution in [1.82, 2.24) is 15.0 Å². The van der Waals surface area contributed by atoms with Gasteiger partial charge in [-0.1, -0.05) is 54.6 Å². The van der Waals surface area contributed by atoms with Crippen molar-refractivity contribution < 1.29 is 0 Å². The van der Waals surface area contributed by atoms with Gasteiger partial charge >= 0.3 is 0 Å². The van der Waals surface area contributed by atoms with E-state index >= 15 is 0 Å². The summed E-state index contributed by atoms with van der Waals surface area (Å²) in [6.07, 6.45) is 3.31. The summed E-state index contributed by atoms with van der Waals surface area (Å²) < 4.78 is 0. The molecule has 4 rings (SSSR count). The molecule has 0 fully saturated rings. The minimum absolute atomic E-state index is 0.